The SMILES string of the molecule is Nc1ccc(Cl)cc1Oc1ncnc2nc[nH]c12. The molecule has 0 fully saturated rings. The molecule has 0 bridgehead atoms. The Morgan fingerprint density at radius 3 is 3.00 bits per heavy atom. The Kier molecular flexibility index (Phi) is 2.49. The van der Waals surface area contributed by atoms with Gasteiger partial charge in [-0.15, -0.1) is 0 Å². The van der Waals surface area contributed by atoms with Crippen LogP contribution in [0.25, 0.3) is 11.2 Å². The van der Waals surface area contributed by atoms with E-state index in [1.807, 2.05) is 0 Å². The monoisotopic (exact) mass is 261 g/mol. The van der Waals surface area contributed by atoms with E-state index in [0.29, 0.717) is 33.5 Å². The standard InChI is InChI=1S/C11H8ClN5O/c12-6-1-2-7(13)8(3-6)18-11-9-10(15-4-14-9)16-5-17-11/h1-5H,13H2,(H,14,15,16,17). The van der Waals surface area contributed by atoms with E-state index in [9.17, 15) is 0 Å². The highest BCUT2D eigenvalue weighted by molar-refractivity contribution is 6.30. The van der Waals surface area contributed by atoms with E-state index in [4.69, 9.17) is 22.1 Å². The second-order valence-electron chi connectivity index (χ2n) is 3.56. The Morgan fingerprint density at radius 2 is 2.11 bits per heavy atom. The van der Waals surface area contributed by atoms with Crippen LogP contribution in [0.1, 0.15) is 0 Å². The third-order valence-electron chi connectivity index (χ3n) is 2.37. The second kappa shape index (κ2) is 4.15. The maximum atomic E-state index is 5.89. The molecule has 6 nitrogen and oxygen atoms in total. The lowest BCUT2D eigenvalue weighted by Crippen LogP contribution is -1.95. The van der Waals surface area contributed by atoms with Gasteiger partial charge in [-0.3, -0.25) is 0 Å². The maximum absolute atomic E-state index is 5.89. The first-order valence-electron chi connectivity index (χ1n) is 5.11. The van der Waals surface area contributed by atoms with E-state index in [1.54, 1.807) is 18.2 Å². The van der Waals surface area contributed by atoms with Crippen LogP contribution in [0.3, 0.4) is 0 Å². The van der Waals surface area contributed by atoms with Gasteiger partial charge in [0.1, 0.15) is 11.8 Å². The molecule has 3 aromatic rings. The van der Waals surface area contributed by atoms with Gasteiger partial charge >= 0.3 is 0 Å². The molecule has 0 spiro atoms. The number of benzene rings is 1. The zero-order valence-corrected chi connectivity index (χ0v) is 9.85. The average Bonchev–Trinajstić information content (AvgIpc) is 2.83. The maximum Gasteiger partial charge on any atom is 0.248 e. The van der Waals surface area contributed by atoms with Gasteiger partial charge in [-0.05, 0) is 12.1 Å². The number of rotatable bonds is 2. The van der Waals surface area contributed by atoms with Crippen molar-refractivity contribution in [3.05, 3.63) is 35.9 Å². The molecule has 3 rings (SSSR count). The summed E-state index contributed by atoms with van der Waals surface area (Å²) in [6.45, 7) is 0. The lowest BCUT2D eigenvalue weighted by Gasteiger charge is -2.07. The number of nitrogen functional groups attached to an aromatic ring is 1. The van der Waals surface area contributed by atoms with E-state index >= 15 is 0 Å². The summed E-state index contributed by atoms with van der Waals surface area (Å²) in [4.78, 5) is 15.0. The van der Waals surface area contributed by atoms with Crippen molar-refractivity contribution in [2.75, 3.05) is 5.73 Å². The van der Waals surface area contributed by atoms with Crippen LogP contribution in [0.5, 0.6) is 11.6 Å². The summed E-state index contributed by atoms with van der Waals surface area (Å²) in [7, 11) is 0. The number of aromatic nitrogens is 4. The van der Waals surface area contributed by atoms with Gasteiger partial charge in [0, 0.05) is 11.1 Å². The molecule has 0 aliphatic carbocycles. The number of ether oxygens (including phenoxy) is 1. The zero-order valence-electron chi connectivity index (χ0n) is 9.09. The molecule has 0 aliphatic heterocycles. The number of hydrogen-bond acceptors (Lipinski definition) is 5. The Morgan fingerprint density at radius 1 is 1.22 bits per heavy atom. The van der Waals surface area contributed by atoms with Crippen LogP contribution < -0.4 is 10.5 Å². The van der Waals surface area contributed by atoms with Crippen LogP contribution in [0.4, 0.5) is 5.69 Å². The summed E-state index contributed by atoms with van der Waals surface area (Å²) in [5, 5.41) is 0.536. The average molecular weight is 262 g/mol. The third-order valence-corrected chi connectivity index (χ3v) is 2.61. The Balaban J connectivity index is 2.06. The van der Waals surface area contributed by atoms with Gasteiger partial charge in [0.25, 0.3) is 0 Å². The van der Waals surface area contributed by atoms with Gasteiger partial charge in [0.2, 0.25) is 5.88 Å². The van der Waals surface area contributed by atoms with Gasteiger partial charge < -0.3 is 15.5 Å². The molecule has 7 heteroatoms. The minimum Gasteiger partial charge on any atom is -0.435 e. The number of halogens is 1. The summed E-state index contributed by atoms with van der Waals surface area (Å²) in [5.41, 5.74) is 7.42. The van der Waals surface area contributed by atoms with Crippen molar-refractivity contribution in [1.29, 1.82) is 0 Å². The number of hydrogen-bond donors (Lipinski definition) is 2. The number of nitrogens with two attached hydrogens (primary N) is 1. The number of anilines is 1. The summed E-state index contributed by atoms with van der Waals surface area (Å²) in [6, 6.07) is 4.99. The van der Waals surface area contributed by atoms with E-state index in [-0.39, 0.29) is 0 Å². The molecular weight excluding hydrogens is 254 g/mol. The van der Waals surface area contributed by atoms with Crippen molar-refractivity contribution in [2.24, 2.45) is 0 Å². The Bertz CT molecular complexity index is 711. The molecule has 0 aliphatic rings. The minimum absolute atomic E-state index is 0.353. The molecule has 0 saturated carbocycles. The number of nitrogens with one attached hydrogen (secondary N) is 1. The van der Waals surface area contributed by atoms with Gasteiger partial charge in [0.05, 0.1) is 12.0 Å². The second-order valence-corrected chi connectivity index (χ2v) is 4.00. The van der Waals surface area contributed by atoms with Crippen LogP contribution in [0, 0.1) is 0 Å². The molecule has 3 N–H and O–H groups in total. The molecule has 0 unspecified atom stereocenters. The normalized spacial score (nSPS) is 10.7. The summed E-state index contributed by atoms with van der Waals surface area (Å²) >= 11 is 5.89. The first-order valence-corrected chi connectivity index (χ1v) is 5.49. The zero-order chi connectivity index (χ0) is 12.5. The van der Waals surface area contributed by atoms with Crippen molar-refractivity contribution >= 4 is 28.5 Å². The predicted molar refractivity (Wildman–Crippen MR) is 67.6 cm³/mol. The topological polar surface area (TPSA) is 89.7 Å². The number of nitrogens with zero attached hydrogens (tertiary/aromatic N) is 3. The molecule has 0 saturated heterocycles. The van der Waals surface area contributed by atoms with Crippen LogP contribution in [0.15, 0.2) is 30.9 Å². The van der Waals surface area contributed by atoms with E-state index in [2.05, 4.69) is 19.9 Å². The fourth-order valence-corrected chi connectivity index (χ4v) is 1.68. The Hall–Kier alpha value is -2.34. The Labute approximate surface area is 107 Å². The quantitative estimate of drug-likeness (QED) is 0.691. The number of H-pyrrole nitrogens is 1. The van der Waals surface area contributed by atoms with E-state index in [1.165, 1.54) is 12.7 Å². The summed E-state index contributed by atoms with van der Waals surface area (Å²) < 4.78 is 5.63. The van der Waals surface area contributed by atoms with Crippen molar-refractivity contribution in [2.45, 2.75) is 0 Å². The van der Waals surface area contributed by atoms with Gasteiger partial charge in [0.15, 0.2) is 11.4 Å². The van der Waals surface area contributed by atoms with Crippen molar-refractivity contribution < 1.29 is 4.74 Å². The molecule has 2 aromatic heterocycles. The molecule has 2 heterocycles. The van der Waals surface area contributed by atoms with Crippen molar-refractivity contribution in [3.8, 4) is 11.6 Å². The van der Waals surface area contributed by atoms with Crippen LogP contribution in [0.2, 0.25) is 5.02 Å². The van der Waals surface area contributed by atoms with Gasteiger partial charge in [-0.25, -0.2) is 9.97 Å². The first kappa shape index (κ1) is 10.8. The summed E-state index contributed by atoms with van der Waals surface area (Å²) in [5.74, 6) is 0.795. The predicted octanol–water partition coefficient (Wildman–Crippen LogP) is 2.38. The number of aromatic amines is 1. The van der Waals surface area contributed by atoms with Gasteiger partial charge in [-0.2, -0.15) is 4.98 Å². The highest BCUT2D eigenvalue weighted by atomic mass is 35.5. The van der Waals surface area contributed by atoms with Gasteiger partial charge in [-0.1, -0.05) is 11.6 Å². The molecule has 0 atom stereocenters. The highest BCUT2D eigenvalue weighted by Gasteiger charge is 2.10. The largest absolute Gasteiger partial charge is 0.435 e. The molecular formula is C11H8ClN5O. The van der Waals surface area contributed by atoms with E-state index < -0.39 is 0 Å². The minimum atomic E-state index is 0.353. The van der Waals surface area contributed by atoms with Crippen LogP contribution in [-0.4, -0.2) is 19.9 Å². The molecule has 0 radical (unpaired) electrons. The fourth-order valence-electron chi connectivity index (χ4n) is 1.52. The molecule has 18 heavy (non-hydrogen) atoms. The third kappa shape index (κ3) is 1.82. The lowest BCUT2D eigenvalue weighted by atomic mass is 10.3. The number of fused-ring (bicyclic) bond motifs is 1. The van der Waals surface area contributed by atoms with Crippen LogP contribution in [-0.2, 0) is 0 Å². The lowest BCUT2D eigenvalue weighted by molar-refractivity contribution is 0.469. The van der Waals surface area contributed by atoms with Crippen molar-refractivity contribution in [3.63, 3.8) is 0 Å². The van der Waals surface area contributed by atoms with Crippen LogP contribution >= 0.6 is 11.6 Å². The molecule has 1 aromatic carbocycles. The summed E-state index contributed by atoms with van der Waals surface area (Å²) in [6.07, 6.45) is 2.90. The van der Waals surface area contributed by atoms with Crippen molar-refractivity contribution in [1.82, 2.24) is 19.9 Å². The number of imidazole rings is 1. The molecule has 90 valence electrons. The van der Waals surface area contributed by atoms with E-state index in [0.717, 1.165) is 0 Å². The first-order chi connectivity index (χ1) is 8.74. The smallest absolute Gasteiger partial charge is 0.248 e. The highest BCUT2D eigenvalue weighted by Crippen LogP contribution is 2.31. The molecule has 0 amide bonds. The fraction of sp³-hybridized carbons (Fsp3) is 0.